The molecule has 0 spiro atoms. The van der Waals surface area contributed by atoms with Crippen LogP contribution in [0.25, 0.3) is 10.9 Å². The van der Waals surface area contributed by atoms with Crippen molar-refractivity contribution in [1.82, 2.24) is 15.1 Å². The molecular formula is C16H24N4OS. The zero-order chi connectivity index (χ0) is 16.5. The molecule has 0 saturated heterocycles. The van der Waals surface area contributed by atoms with Gasteiger partial charge in [0, 0.05) is 17.2 Å². The summed E-state index contributed by atoms with van der Waals surface area (Å²) in [6, 6.07) is 5.64. The number of nitrogens with one attached hydrogen (secondary N) is 1. The Morgan fingerprint density at radius 3 is 2.82 bits per heavy atom. The summed E-state index contributed by atoms with van der Waals surface area (Å²) >= 11 is 1.59. The summed E-state index contributed by atoms with van der Waals surface area (Å²) in [5.41, 5.74) is 9.15. The lowest BCUT2D eigenvalue weighted by atomic mass is 10.0. The Bertz CT molecular complexity index is 693. The third-order valence-corrected chi connectivity index (χ3v) is 5.38. The number of hydrogen-bond acceptors (Lipinski definition) is 4. The average Bonchev–Trinajstić information content (AvgIpc) is 2.79. The van der Waals surface area contributed by atoms with E-state index in [2.05, 4.69) is 22.5 Å². The molecule has 5 nitrogen and oxygen atoms in total. The molecule has 0 radical (unpaired) electrons. The predicted octanol–water partition coefficient (Wildman–Crippen LogP) is 1.97. The number of aromatic nitrogens is 2. The van der Waals surface area contributed by atoms with E-state index in [1.807, 2.05) is 44.8 Å². The largest absolute Gasteiger partial charge is 0.349 e. The second-order valence-corrected chi connectivity index (χ2v) is 7.55. The molecule has 0 aliphatic carbocycles. The average molecular weight is 320 g/mol. The Labute approximate surface area is 135 Å². The van der Waals surface area contributed by atoms with Crippen LogP contribution in [0.5, 0.6) is 0 Å². The molecule has 1 aromatic carbocycles. The third kappa shape index (κ3) is 3.28. The van der Waals surface area contributed by atoms with Crippen LogP contribution in [0.3, 0.4) is 0 Å². The molecular weight excluding hydrogens is 296 g/mol. The lowest BCUT2D eigenvalue weighted by Gasteiger charge is -2.28. The Kier molecular flexibility index (Phi) is 4.82. The number of hydrogen-bond donors (Lipinski definition) is 2. The predicted molar refractivity (Wildman–Crippen MR) is 92.9 cm³/mol. The summed E-state index contributed by atoms with van der Waals surface area (Å²) in [6.07, 6.45) is 1.96. The number of fused-ring (bicyclic) bond motifs is 1. The highest BCUT2D eigenvalue weighted by Gasteiger charge is 2.31. The van der Waals surface area contributed by atoms with Gasteiger partial charge in [-0.05, 0) is 39.2 Å². The molecule has 0 bridgehead atoms. The lowest BCUT2D eigenvalue weighted by Crippen LogP contribution is -2.51. The number of aryl methyl sites for hydroxylation is 2. The molecule has 1 aromatic heterocycles. The van der Waals surface area contributed by atoms with Crippen LogP contribution >= 0.6 is 11.8 Å². The summed E-state index contributed by atoms with van der Waals surface area (Å²) < 4.78 is 1.54. The molecule has 2 rings (SSSR count). The molecule has 0 saturated carbocycles. The van der Waals surface area contributed by atoms with Gasteiger partial charge >= 0.3 is 0 Å². The van der Waals surface area contributed by atoms with Crippen LogP contribution in [0.2, 0.25) is 0 Å². The topological polar surface area (TPSA) is 72.9 Å². The first kappa shape index (κ1) is 16.8. The maximum atomic E-state index is 12.2. The van der Waals surface area contributed by atoms with E-state index in [-0.39, 0.29) is 10.7 Å². The number of thioether (sulfide) groups is 1. The SMILES string of the molecule is CSC(C)(C)[C@H](N)C(=O)NCc1nn(C)c2ccc(C)cc12. The molecule has 0 fully saturated rings. The smallest absolute Gasteiger partial charge is 0.238 e. The molecule has 2 aromatic rings. The van der Waals surface area contributed by atoms with Crippen molar-refractivity contribution in [3.63, 3.8) is 0 Å². The Hall–Kier alpha value is -1.53. The van der Waals surface area contributed by atoms with Crippen molar-refractivity contribution in [1.29, 1.82) is 0 Å². The molecule has 1 atom stereocenters. The van der Waals surface area contributed by atoms with Crippen molar-refractivity contribution >= 4 is 28.6 Å². The van der Waals surface area contributed by atoms with Gasteiger partial charge in [-0.3, -0.25) is 9.48 Å². The lowest BCUT2D eigenvalue weighted by molar-refractivity contribution is -0.123. The third-order valence-electron chi connectivity index (χ3n) is 4.07. The highest BCUT2D eigenvalue weighted by atomic mass is 32.2. The van der Waals surface area contributed by atoms with Crippen molar-refractivity contribution < 1.29 is 4.79 Å². The van der Waals surface area contributed by atoms with Gasteiger partial charge in [-0.25, -0.2) is 0 Å². The Balaban J connectivity index is 2.15. The monoisotopic (exact) mass is 320 g/mol. The molecule has 1 heterocycles. The minimum Gasteiger partial charge on any atom is -0.349 e. The maximum Gasteiger partial charge on any atom is 0.238 e. The van der Waals surface area contributed by atoms with E-state index in [1.165, 1.54) is 5.56 Å². The van der Waals surface area contributed by atoms with Crippen LogP contribution in [0.1, 0.15) is 25.1 Å². The fourth-order valence-corrected chi connectivity index (χ4v) is 2.67. The van der Waals surface area contributed by atoms with E-state index in [0.29, 0.717) is 6.54 Å². The number of nitrogens with two attached hydrogens (primary N) is 1. The van der Waals surface area contributed by atoms with Crippen molar-refractivity contribution in [3.05, 3.63) is 29.5 Å². The van der Waals surface area contributed by atoms with E-state index >= 15 is 0 Å². The first-order valence-corrected chi connectivity index (χ1v) is 8.49. The number of carbonyl (C=O) groups excluding carboxylic acids is 1. The second-order valence-electron chi connectivity index (χ2n) is 6.09. The second kappa shape index (κ2) is 6.30. The molecule has 1 amide bonds. The van der Waals surface area contributed by atoms with E-state index in [0.717, 1.165) is 16.6 Å². The Morgan fingerprint density at radius 1 is 1.50 bits per heavy atom. The van der Waals surface area contributed by atoms with Crippen molar-refractivity contribution in [2.75, 3.05) is 6.26 Å². The summed E-state index contributed by atoms with van der Waals surface area (Å²) in [5, 5.41) is 8.48. The van der Waals surface area contributed by atoms with Gasteiger partial charge in [-0.15, -0.1) is 0 Å². The minimum absolute atomic E-state index is 0.147. The fraction of sp³-hybridized carbons (Fsp3) is 0.500. The number of rotatable bonds is 5. The van der Waals surface area contributed by atoms with Crippen LogP contribution in [0.4, 0.5) is 0 Å². The van der Waals surface area contributed by atoms with Gasteiger partial charge in [0.2, 0.25) is 5.91 Å². The summed E-state index contributed by atoms with van der Waals surface area (Å²) in [5.74, 6) is -0.147. The quantitative estimate of drug-likeness (QED) is 0.883. The van der Waals surface area contributed by atoms with Gasteiger partial charge in [0.1, 0.15) is 0 Å². The normalized spacial score (nSPS) is 13.4. The number of amides is 1. The number of carbonyl (C=O) groups is 1. The molecule has 22 heavy (non-hydrogen) atoms. The van der Waals surface area contributed by atoms with Gasteiger partial charge in [0.05, 0.1) is 23.8 Å². The standard InChI is InChI=1S/C16H24N4OS/c1-10-6-7-13-11(8-10)12(19-20(13)4)9-18-15(21)14(17)16(2,3)22-5/h6-8,14H,9,17H2,1-5H3,(H,18,21)/t14-/m1/s1. The van der Waals surface area contributed by atoms with Crippen LogP contribution in [-0.2, 0) is 18.4 Å². The highest BCUT2D eigenvalue weighted by Crippen LogP contribution is 2.24. The summed E-state index contributed by atoms with van der Waals surface area (Å²) in [7, 11) is 1.91. The van der Waals surface area contributed by atoms with Gasteiger partial charge in [-0.2, -0.15) is 16.9 Å². The van der Waals surface area contributed by atoms with Crippen LogP contribution in [0.15, 0.2) is 18.2 Å². The Morgan fingerprint density at radius 2 is 2.18 bits per heavy atom. The number of nitrogens with zero attached hydrogens (tertiary/aromatic N) is 2. The van der Waals surface area contributed by atoms with E-state index in [9.17, 15) is 4.79 Å². The molecule has 120 valence electrons. The van der Waals surface area contributed by atoms with Gasteiger partial charge < -0.3 is 11.1 Å². The molecule has 0 aliphatic heterocycles. The summed E-state index contributed by atoms with van der Waals surface area (Å²) in [6.45, 7) is 6.38. The van der Waals surface area contributed by atoms with E-state index in [4.69, 9.17) is 5.73 Å². The van der Waals surface area contributed by atoms with Gasteiger partial charge in [0.15, 0.2) is 0 Å². The van der Waals surface area contributed by atoms with Crippen LogP contribution in [-0.4, -0.2) is 32.7 Å². The molecule has 0 unspecified atom stereocenters. The zero-order valence-electron chi connectivity index (χ0n) is 13.8. The van der Waals surface area contributed by atoms with Crippen LogP contribution < -0.4 is 11.1 Å². The molecule has 3 N–H and O–H groups in total. The van der Waals surface area contributed by atoms with E-state index < -0.39 is 6.04 Å². The fourth-order valence-electron chi connectivity index (χ4n) is 2.31. The molecule has 6 heteroatoms. The zero-order valence-corrected chi connectivity index (χ0v) is 14.6. The van der Waals surface area contributed by atoms with Gasteiger partial charge in [-0.1, -0.05) is 11.6 Å². The first-order chi connectivity index (χ1) is 10.3. The van der Waals surface area contributed by atoms with Crippen molar-refractivity contribution in [2.24, 2.45) is 12.8 Å². The van der Waals surface area contributed by atoms with Crippen LogP contribution in [0, 0.1) is 6.92 Å². The first-order valence-electron chi connectivity index (χ1n) is 7.27. The highest BCUT2D eigenvalue weighted by molar-refractivity contribution is 8.00. The van der Waals surface area contributed by atoms with Crippen molar-refractivity contribution in [2.45, 2.75) is 38.1 Å². The molecule has 0 aliphatic rings. The number of benzene rings is 1. The summed E-state index contributed by atoms with van der Waals surface area (Å²) in [4.78, 5) is 12.2. The minimum atomic E-state index is -0.556. The van der Waals surface area contributed by atoms with Crippen molar-refractivity contribution in [3.8, 4) is 0 Å². The van der Waals surface area contributed by atoms with E-state index in [1.54, 1.807) is 11.8 Å². The maximum absolute atomic E-state index is 12.2. The van der Waals surface area contributed by atoms with Gasteiger partial charge in [0.25, 0.3) is 0 Å².